The van der Waals surface area contributed by atoms with Gasteiger partial charge in [0.25, 0.3) is 11.1 Å². The average Bonchev–Trinajstić information content (AvgIpc) is 4.03. The number of nitrogens with zero attached hydrogens (tertiary/aromatic N) is 8. The van der Waals surface area contributed by atoms with Crippen molar-refractivity contribution in [1.82, 2.24) is 48.2 Å². The monoisotopic (exact) mass is 842 g/mol. The number of hydrogen-bond donors (Lipinski definition) is 5. The van der Waals surface area contributed by atoms with Gasteiger partial charge < -0.3 is 35.3 Å². The van der Waals surface area contributed by atoms with Crippen molar-refractivity contribution < 1.29 is 14.7 Å². The van der Waals surface area contributed by atoms with E-state index in [1.165, 1.54) is 28.9 Å². The normalized spacial score (nSPS) is 11.5. The molecule has 308 valence electrons. The lowest BCUT2D eigenvalue weighted by Crippen LogP contribution is -2.43. The second kappa shape index (κ2) is 19.7. The molecule has 0 radical (unpaired) electrons. The molecule has 0 saturated heterocycles. The molecule has 2 aromatic carbocycles. The highest BCUT2D eigenvalue weighted by molar-refractivity contribution is 7.13. The molecular formula is C38H42N12O7S2. The van der Waals surface area contributed by atoms with Gasteiger partial charge in [0.05, 0.1) is 21.8 Å². The number of nitrogens with one attached hydrogen (secondary N) is 3. The SMILES string of the molecule is C.C.Cn1ccnc1CC(C(=O)Nc1nccs1)n1c(=O)[nH]c2ccccc2c1=O.Cn1ccnc1CC(C(=O)O)n1c(=O)[nH]c2ccccc2c1=O.Nc1nccs1. The Morgan fingerprint density at radius 3 is 1.59 bits per heavy atom. The topological polar surface area (TPSA) is 264 Å². The van der Waals surface area contributed by atoms with Gasteiger partial charge in [0.2, 0.25) is 5.91 Å². The maximum Gasteiger partial charge on any atom is 0.329 e. The molecule has 6 aromatic heterocycles. The number of aryl methyl sites for hydroxylation is 2. The van der Waals surface area contributed by atoms with Gasteiger partial charge in [-0.05, 0) is 24.3 Å². The Balaban J connectivity index is 0.000000224. The van der Waals surface area contributed by atoms with E-state index in [1.54, 1.807) is 108 Å². The number of nitrogens with two attached hydrogens (primary N) is 1. The number of carbonyl (C=O) groups is 2. The maximum atomic E-state index is 13.0. The molecule has 21 heteroatoms. The number of imidazole rings is 2. The lowest BCUT2D eigenvalue weighted by atomic mass is 10.1. The third-order valence-electron chi connectivity index (χ3n) is 8.59. The fourth-order valence-corrected chi connectivity index (χ4v) is 6.66. The van der Waals surface area contributed by atoms with E-state index in [9.17, 15) is 33.9 Å². The molecule has 0 bridgehead atoms. The number of aliphatic carboxylic acids is 1. The van der Waals surface area contributed by atoms with E-state index in [-0.39, 0.29) is 33.1 Å². The summed E-state index contributed by atoms with van der Waals surface area (Å²) in [5.41, 5.74) is 3.40. The molecule has 19 nitrogen and oxygen atoms in total. The number of rotatable bonds is 9. The first-order valence-electron chi connectivity index (χ1n) is 16.9. The van der Waals surface area contributed by atoms with Gasteiger partial charge in [0.15, 0.2) is 10.3 Å². The molecule has 0 aliphatic carbocycles. The van der Waals surface area contributed by atoms with E-state index >= 15 is 0 Å². The van der Waals surface area contributed by atoms with Crippen LogP contribution < -0.4 is 33.5 Å². The molecule has 2 unspecified atom stereocenters. The third kappa shape index (κ3) is 10.2. The van der Waals surface area contributed by atoms with Crippen molar-refractivity contribution in [2.24, 2.45) is 14.1 Å². The van der Waals surface area contributed by atoms with E-state index in [4.69, 9.17) is 5.73 Å². The number of aromatic nitrogens is 10. The standard InChI is InChI=1S/C18H16N6O3S.C15H14N4O4.C3H4N2S.2CH4/c1-23-8-6-19-14(23)10-13(15(25)22-17-20-7-9-28-17)24-16(26)11-4-2-3-5-12(11)21-18(24)27;1-18-7-6-16-12(18)8-11(14(21)22)19-13(20)9-4-2-3-5-10(9)17-15(19)23;4-3-5-1-2-6-3;;/h2-9,13H,10H2,1H3,(H,21,27)(H,20,22,25);2-7,11H,8H2,1H3,(H,17,23)(H,21,22);1-2H,(H2,4,5);2*1H4. The lowest BCUT2D eigenvalue weighted by Gasteiger charge is -2.18. The number of carboxylic acids is 1. The van der Waals surface area contributed by atoms with Gasteiger partial charge in [-0.1, -0.05) is 39.1 Å². The minimum absolute atomic E-state index is 0. The van der Waals surface area contributed by atoms with Crippen LogP contribution in [0.1, 0.15) is 38.6 Å². The van der Waals surface area contributed by atoms with Gasteiger partial charge in [-0.2, -0.15) is 0 Å². The molecular weight excluding hydrogens is 801 g/mol. The predicted molar refractivity (Wildman–Crippen MR) is 228 cm³/mol. The van der Waals surface area contributed by atoms with Crippen LogP contribution >= 0.6 is 22.7 Å². The first kappa shape index (κ1) is 44.5. The molecule has 8 rings (SSSR count). The minimum Gasteiger partial charge on any atom is -0.480 e. The van der Waals surface area contributed by atoms with Crippen molar-refractivity contribution in [2.45, 2.75) is 39.8 Å². The van der Waals surface area contributed by atoms with Crippen LogP contribution in [-0.4, -0.2) is 65.2 Å². The van der Waals surface area contributed by atoms with E-state index in [2.05, 4.69) is 35.2 Å². The van der Waals surface area contributed by atoms with Crippen LogP contribution in [0, 0.1) is 0 Å². The highest BCUT2D eigenvalue weighted by Crippen LogP contribution is 2.17. The van der Waals surface area contributed by atoms with Crippen LogP contribution in [0.2, 0.25) is 0 Å². The number of anilines is 2. The van der Waals surface area contributed by atoms with Gasteiger partial charge in [-0.25, -0.2) is 43.5 Å². The fourth-order valence-electron chi connectivity index (χ4n) is 5.75. The van der Waals surface area contributed by atoms with Gasteiger partial charge in [0.1, 0.15) is 23.7 Å². The Kier molecular flexibility index (Phi) is 14.9. The Labute approximate surface area is 343 Å². The Hall–Kier alpha value is -7.26. The summed E-state index contributed by atoms with van der Waals surface area (Å²) in [6.07, 6.45) is 9.77. The molecule has 0 aliphatic rings. The van der Waals surface area contributed by atoms with E-state index in [1.807, 2.05) is 5.38 Å². The van der Waals surface area contributed by atoms with Crippen LogP contribution in [0.3, 0.4) is 0 Å². The number of H-pyrrole nitrogens is 2. The summed E-state index contributed by atoms with van der Waals surface area (Å²) in [5, 5.41) is 17.3. The number of fused-ring (bicyclic) bond motifs is 2. The molecule has 6 N–H and O–H groups in total. The summed E-state index contributed by atoms with van der Waals surface area (Å²) in [7, 11) is 3.50. The summed E-state index contributed by atoms with van der Waals surface area (Å²) in [6.45, 7) is 0. The van der Waals surface area contributed by atoms with Crippen molar-refractivity contribution in [3.05, 3.63) is 150 Å². The molecule has 0 saturated carbocycles. The zero-order valence-corrected chi connectivity index (χ0v) is 31.8. The second-order valence-corrected chi connectivity index (χ2v) is 14.0. The number of hydrogen-bond acceptors (Lipinski definition) is 13. The van der Waals surface area contributed by atoms with Crippen molar-refractivity contribution in [2.75, 3.05) is 11.1 Å². The number of aromatic amines is 2. The van der Waals surface area contributed by atoms with Crippen molar-refractivity contribution >= 4 is 66.6 Å². The van der Waals surface area contributed by atoms with Crippen LogP contribution in [0.4, 0.5) is 10.3 Å². The number of carbonyl (C=O) groups excluding carboxylic acids is 1. The predicted octanol–water partition coefficient (Wildman–Crippen LogP) is 3.59. The summed E-state index contributed by atoms with van der Waals surface area (Å²) >= 11 is 2.69. The Bertz CT molecular complexity index is 2890. The molecule has 1 amide bonds. The zero-order valence-electron chi connectivity index (χ0n) is 30.2. The van der Waals surface area contributed by atoms with E-state index in [0.29, 0.717) is 38.3 Å². The first-order chi connectivity index (χ1) is 27.4. The Morgan fingerprint density at radius 2 is 1.19 bits per heavy atom. The fraction of sp³-hybridized carbons (Fsp3) is 0.211. The zero-order chi connectivity index (χ0) is 40.6. The number of nitrogen functional groups attached to an aromatic ring is 1. The van der Waals surface area contributed by atoms with Crippen LogP contribution in [0.5, 0.6) is 0 Å². The molecule has 0 aliphatic heterocycles. The van der Waals surface area contributed by atoms with E-state index in [0.717, 1.165) is 9.13 Å². The number of benzene rings is 2. The Morgan fingerprint density at radius 1 is 0.712 bits per heavy atom. The number of amides is 1. The smallest absolute Gasteiger partial charge is 0.329 e. The molecule has 0 fully saturated rings. The molecule has 59 heavy (non-hydrogen) atoms. The van der Waals surface area contributed by atoms with E-state index < -0.39 is 46.5 Å². The second-order valence-electron chi connectivity index (χ2n) is 12.2. The lowest BCUT2D eigenvalue weighted by molar-refractivity contribution is -0.141. The third-order valence-corrected chi connectivity index (χ3v) is 9.89. The number of thiazole rings is 2. The van der Waals surface area contributed by atoms with Crippen LogP contribution in [-0.2, 0) is 36.5 Å². The van der Waals surface area contributed by atoms with Crippen molar-refractivity contribution in [3.63, 3.8) is 0 Å². The quantitative estimate of drug-likeness (QED) is 0.140. The highest BCUT2D eigenvalue weighted by atomic mass is 32.1. The number of carboxylic acid groups (broad SMARTS) is 1. The van der Waals surface area contributed by atoms with Gasteiger partial charge in [-0.3, -0.25) is 14.4 Å². The summed E-state index contributed by atoms with van der Waals surface area (Å²) < 4.78 is 5.07. The van der Waals surface area contributed by atoms with Gasteiger partial charge >= 0.3 is 17.3 Å². The largest absolute Gasteiger partial charge is 0.480 e. The molecule has 6 heterocycles. The summed E-state index contributed by atoms with van der Waals surface area (Å²) in [4.78, 5) is 96.4. The van der Waals surface area contributed by atoms with Gasteiger partial charge in [-0.15, -0.1) is 22.7 Å². The maximum absolute atomic E-state index is 13.0. The molecule has 2 atom stereocenters. The van der Waals surface area contributed by atoms with Crippen LogP contribution in [0.15, 0.2) is 116 Å². The summed E-state index contributed by atoms with van der Waals surface area (Å²) in [5.74, 6) is -0.743. The highest BCUT2D eigenvalue weighted by Gasteiger charge is 2.28. The van der Waals surface area contributed by atoms with Crippen LogP contribution in [0.25, 0.3) is 21.8 Å². The summed E-state index contributed by atoms with van der Waals surface area (Å²) in [6, 6.07) is 10.7. The number of para-hydroxylation sites is 2. The van der Waals surface area contributed by atoms with Crippen molar-refractivity contribution in [1.29, 1.82) is 0 Å². The minimum atomic E-state index is -1.34. The molecule has 0 spiro atoms. The average molecular weight is 843 g/mol. The molecule has 8 aromatic rings. The van der Waals surface area contributed by atoms with Gasteiger partial charge in [0, 0.05) is 74.9 Å². The van der Waals surface area contributed by atoms with Crippen molar-refractivity contribution in [3.8, 4) is 0 Å². The first-order valence-corrected chi connectivity index (χ1v) is 18.7.